The number of piperazine rings is 1. The standard InChI is InChI=1S/C18H28N2O3S/c1-4-16(5-2)18(21)19-10-12-20(13-11-19)24(22,23)14-17-9-7-6-8-15(17)3/h6-9,16H,4-5,10-14H2,1-3H3. The lowest BCUT2D eigenvalue weighted by Crippen LogP contribution is -2.52. The van der Waals surface area contributed by atoms with Crippen molar-refractivity contribution < 1.29 is 13.2 Å². The smallest absolute Gasteiger partial charge is 0.225 e. The minimum Gasteiger partial charge on any atom is -0.340 e. The van der Waals surface area contributed by atoms with Gasteiger partial charge in [-0.25, -0.2) is 8.42 Å². The highest BCUT2D eigenvalue weighted by Crippen LogP contribution is 2.18. The van der Waals surface area contributed by atoms with Gasteiger partial charge >= 0.3 is 0 Å². The molecule has 1 aliphatic heterocycles. The van der Waals surface area contributed by atoms with E-state index in [2.05, 4.69) is 0 Å². The number of carbonyl (C=O) groups excluding carboxylic acids is 1. The third-order valence-corrected chi connectivity index (χ3v) is 6.71. The predicted molar refractivity (Wildman–Crippen MR) is 96.0 cm³/mol. The quantitative estimate of drug-likeness (QED) is 0.790. The molecule has 0 bridgehead atoms. The first-order valence-electron chi connectivity index (χ1n) is 8.70. The highest BCUT2D eigenvalue weighted by atomic mass is 32.2. The lowest BCUT2D eigenvalue weighted by Gasteiger charge is -2.35. The molecule has 0 spiro atoms. The topological polar surface area (TPSA) is 57.7 Å². The molecule has 134 valence electrons. The summed E-state index contributed by atoms with van der Waals surface area (Å²) in [5.41, 5.74) is 1.83. The van der Waals surface area contributed by atoms with Crippen molar-refractivity contribution in [2.75, 3.05) is 26.2 Å². The van der Waals surface area contributed by atoms with Crippen LogP contribution in [0.1, 0.15) is 37.8 Å². The lowest BCUT2D eigenvalue weighted by molar-refractivity contribution is -0.136. The van der Waals surface area contributed by atoms with Gasteiger partial charge in [-0.3, -0.25) is 4.79 Å². The van der Waals surface area contributed by atoms with Crippen molar-refractivity contribution >= 4 is 15.9 Å². The molecular weight excluding hydrogens is 324 g/mol. The molecule has 0 aliphatic carbocycles. The van der Waals surface area contributed by atoms with Crippen molar-refractivity contribution in [3.63, 3.8) is 0 Å². The second-order valence-corrected chi connectivity index (χ2v) is 8.39. The van der Waals surface area contributed by atoms with Gasteiger partial charge in [0, 0.05) is 32.1 Å². The Morgan fingerprint density at radius 3 is 2.21 bits per heavy atom. The fourth-order valence-corrected chi connectivity index (χ4v) is 4.76. The van der Waals surface area contributed by atoms with E-state index in [4.69, 9.17) is 0 Å². The van der Waals surface area contributed by atoms with E-state index in [1.54, 1.807) is 0 Å². The number of hydrogen-bond acceptors (Lipinski definition) is 3. The van der Waals surface area contributed by atoms with Gasteiger partial charge in [-0.2, -0.15) is 4.31 Å². The Labute approximate surface area is 145 Å². The summed E-state index contributed by atoms with van der Waals surface area (Å²) in [4.78, 5) is 14.2. The van der Waals surface area contributed by atoms with Crippen LogP contribution in [-0.4, -0.2) is 49.7 Å². The molecule has 1 fully saturated rings. The average molecular weight is 353 g/mol. The summed E-state index contributed by atoms with van der Waals surface area (Å²) < 4.78 is 26.8. The minimum atomic E-state index is -3.34. The number of benzene rings is 1. The van der Waals surface area contributed by atoms with Crippen molar-refractivity contribution in [1.82, 2.24) is 9.21 Å². The maximum absolute atomic E-state index is 12.7. The maximum Gasteiger partial charge on any atom is 0.225 e. The van der Waals surface area contributed by atoms with E-state index in [0.29, 0.717) is 26.2 Å². The zero-order valence-corrected chi connectivity index (χ0v) is 15.7. The normalized spacial score (nSPS) is 16.6. The zero-order valence-electron chi connectivity index (χ0n) is 14.9. The number of sulfonamides is 1. The Hall–Kier alpha value is -1.40. The van der Waals surface area contributed by atoms with Crippen LogP contribution in [0.5, 0.6) is 0 Å². The Balaban J connectivity index is 1.98. The molecule has 1 amide bonds. The number of aryl methyl sites for hydroxylation is 1. The second kappa shape index (κ2) is 8.12. The minimum absolute atomic E-state index is 0.0279. The fraction of sp³-hybridized carbons (Fsp3) is 0.611. The van der Waals surface area contributed by atoms with Crippen LogP contribution in [0.2, 0.25) is 0 Å². The van der Waals surface area contributed by atoms with Crippen LogP contribution < -0.4 is 0 Å². The lowest BCUT2D eigenvalue weighted by atomic mass is 10.0. The molecule has 5 nitrogen and oxygen atoms in total. The van der Waals surface area contributed by atoms with E-state index in [0.717, 1.165) is 24.0 Å². The highest BCUT2D eigenvalue weighted by molar-refractivity contribution is 7.88. The Morgan fingerprint density at radius 1 is 1.08 bits per heavy atom. The number of nitrogens with zero attached hydrogens (tertiary/aromatic N) is 2. The summed E-state index contributed by atoms with van der Waals surface area (Å²) in [6.07, 6.45) is 1.67. The molecule has 1 aromatic carbocycles. The van der Waals surface area contributed by atoms with Crippen molar-refractivity contribution in [2.45, 2.75) is 39.4 Å². The molecule has 0 atom stereocenters. The fourth-order valence-electron chi connectivity index (χ4n) is 3.14. The molecule has 6 heteroatoms. The molecule has 2 rings (SSSR count). The molecule has 0 radical (unpaired) electrons. The molecular formula is C18H28N2O3S. The van der Waals surface area contributed by atoms with E-state index in [1.165, 1.54) is 4.31 Å². The SMILES string of the molecule is CCC(CC)C(=O)N1CCN(S(=O)(=O)Cc2ccccc2C)CC1. The van der Waals surface area contributed by atoms with Crippen LogP contribution in [0.3, 0.4) is 0 Å². The molecule has 24 heavy (non-hydrogen) atoms. The Bertz CT molecular complexity index is 661. The van der Waals surface area contributed by atoms with Gasteiger partial charge in [-0.15, -0.1) is 0 Å². The monoisotopic (exact) mass is 352 g/mol. The van der Waals surface area contributed by atoms with Gasteiger partial charge in [-0.1, -0.05) is 38.1 Å². The van der Waals surface area contributed by atoms with E-state index in [1.807, 2.05) is 49.9 Å². The number of hydrogen-bond donors (Lipinski definition) is 0. The zero-order chi connectivity index (χ0) is 17.7. The van der Waals surface area contributed by atoms with E-state index < -0.39 is 10.0 Å². The molecule has 1 aromatic rings. The van der Waals surface area contributed by atoms with Gasteiger partial charge in [0.2, 0.25) is 15.9 Å². The molecule has 0 unspecified atom stereocenters. The molecule has 0 saturated carbocycles. The van der Waals surface area contributed by atoms with Crippen molar-refractivity contribution in [2.24, 2.45) is 5.92 Å². The largest absolute Gasteiger partial charge is 0.340 e. The summed E-state index contributed by atoms with van der Waals surface area (Å²) in [5, 5.41) is 0. The van der Waals surface area contributed by atoms with Crippen LogP contribution in [0.15, 0.2) is 24.3 Å². The number of carbonyl (C=O) groups is 1. The Morgan fingerprint density at radius 2 is 1.67 bits per heavy atom. The Kier molecular flexibility index (Phi) is 6.40. The van der Waals surface area contributed by atoms with Gasteiger partial charge in [0.05, 0.1) is 5.75 Å². The van der Waals surface area contributed by atoms with E-state index >= 15 is 0 Å². The van der Waals surface area contributed by atoms with E-state index in [-0.39, 0.29) is 17.6 Å². The van der Waals surface area contributed by atoms with Gasteiger partial charge in [0.1, 0.15) is 0 Å². The summed E-state index contributed by atoms with van der Waals surface area (Å²) in [5.74, 6) is 0.247. The van der Waals surface area contributed by atoms with Gasteiger partial charge < -0.3 is 4.90 Å². The van der Waals surface area contributed by atoms with E-state index in [9.17, 15) is 13.2 Å². The third-order valence-electron chi connectivity index (χ3n) is 4.88. The summed E-state index contributed by atoms with van der Waals surface area (Å²) in [6.45, 7) is 7.73. The summed E-state index contributed by atoms with van der Waals surface area (Å²) in [6, 6.07) is 7.56. The molecule has 1 heterocycles. The number of amides is 1. The third kappa shape index (κ3) is 4.36. The first-order chi connectivity index (χ1) is 11.4. The average Bonchev–Trinajstić information content (AvgIpc) is 2.58. The van der Waals surface area contributed by atoms with Gasteiger partial charge in [-0.05, 0) is 30.9 Å². The molecule has 0 aromatic heterocycles. The van der Waals surface area contributed by atoms with Crippen molar-refractivity contribution in [3.8, 4) is 0 Å². The first-order valence-corrected chi connectivity index (χ1v) is 10.3. The molecule has 0 N–H and O–H groups in total. The maximum atomic E-state index is 12.7. The van der Waals surface area contributed by atoms with Crippen LogP contribution in [0, 0.1) is 12.8 Å². The van der Waals surface area contributed by atoms with Crippen molar-refractivity contribution in [3.05, 3.63) is 35.4 Å². The van der Waals surface area contributed by atoms with Crippen LogP contribution in [0.25, 0.3) is 0 Å². The predicted octanol–water partition coefficient (Wildman–Crippen LogP) is 2.41. The number of rotatable bonds is 6. The summed E-state index contributed by atoms with van der Waals surface area (Å²) >= 11 is 0. The molecule has 1 aliphatic rings. The molecule has 1 saturated heterocycles. The van der Waals surface area contributed by atoms with Crippen LogP contribution in [-0.2, 0) is 20.6 Å². The van der Waals surface area contributed by atoms with Crippen LogP contribution in [0.4, 0.5) is 0 Å². The summed E-state index contributed by atoms with van der Waals surface area (Å²) in [7, 11) is -3.34. The van der Waals surface area contributed by atoms with Gasteiger partial charge in [0.25, 0.3) is 0 Å². The van der Waals surface area contributed by atoms with Gasteiger partial charge in [0.15, 0.2) is 0 Å². The van der Waals surface area contributed by atoms with Crippen LogP contribution >= 0.6 is 0 Å². The first kappa shape index (κ1) is 18.9. The highest BCUT2D eigenvalue weighted by Gasteiger charge is 2.30. The van der Waals surface area contributed by atoms with Crippen molar-refractivity contribution in [1.29, 1.82) is 0 Å². The second-order valence-electron chi connectivity index (χ2n) is 6.42.